The van der Waals surface area contributed by atoms with Gasteiger partial charge in [0.25, 0.3) is 0 Å². The van der Waals surface area contributed by atoms with Crippen molar-refractivity contribution in [2.45, 2.75) is 70.4 Å². The number of amides is 1. The molecule has 1 atom stereocenters. The molecule has 0 unspecified atom stereocenters. The summed E-state index contributed by atoms with van der Waals surface area (Å²) in [6.07, 6.45) is 9.44. The van der Waals surface area contributed by atoms with Gasteiger partial charge in [0.1, 0.15) is 0 Å². The summed E-state index contributed by atoms with van der Waals surface area (Å²) in [4.78, 5) is 17.9. The van der Waals surface area contributed by atoms with Gasteiger partial charge in [0, 0.05) is 25.2 Å². The number of nitrogens with zero attached hydrogens (tertiary/aromatic N) is 2. The lowest BCUT2D eigenvalue weighted by atomic mass is 9.92. The Morgan fingerprint density at radius 1 is 1.00 bits per heavy atom. The zero-order chi connectivity index (χ0) is 19.3. The van der Waals surface area contributed by atoms with Crippen LogP contribution in [0.4, 0.5) is 0 Å². The summed E-state index contributed by atoms with van der Waals surface area (Å²) in [5.41, 5.74) is 3.12. The maximum absolute atomic E-state index is 12.5. The fourth-order valence-corrected chi connectivity index (χ4v) is 5.49. The first-order valence-electron chi connectivity index (χ1n) is 11.6. The van der Waals surface area contributed by atoms with Crippen LogP contribution in [0.3, 0.4) is 0 Å². The quantitative estimate of drug-likeness (QED) is 0.766. The first kappa shape index (κ1) is 19.9. The van der Waals surface area contributed by atoms with E-state index in [4.69, 9.17) is 0 Å². The molecule has 0 spiro atoms. The van der Waals surface area contributed by atoms with Gasteiger partial charge < -0.3 is 5.32 Å². The van der Waals surface area contributed by atoms with Crippen molar-refractivity contribution >= 4 is 5.91 Å². The summed E-state index contributed by atoms with van der Waals surface area (Å²) in [6.45, 7) is 7.59. The molecule has 1 aromatic carbocycles. The number of carbonyl (C=O) groups is 1. The van der Waals surface area contributed by atoms with Gasteiger partial charge in [-0.25, -0.2) is 0 Å². The Hall–Kier alpha value is -1.39. The first-order valence-corrected chi connectivity index (χ1v) is 11.6. The van der Waals surface area contributed by atoms with Crippen LogP contribution in [0.2, 0.25) is 0 Å². The van der Waals surface area contributed by atoms with Gasteiger partial charge in [-0.1, -0.05) is 37.6 Å². The molecule has 0 radical (unpaired) electrons. The third-order valence-electron chi connectivity index (χ3n) is 7.21. The van der Waals surface area contributed by atoms with Gasteiger partial charge in [0.2, 0.25) is 5.91 Å². The molecule has 1 aromatic rings. The molecular weight excluding hydrogens is 346 g/mol. The van der Waals surface area contributed by atoms with Crippen LogP contribution in [0.15, 0.2) is 24.3 Å². The Labute approximate surface area is 170 Å². The van der Waals surface area contributed by atoms with E-state index in [1.165, 1.54) is 51.7 Å². The minimum Gasteiger partial charge on any atom is -0.356 e. The number of nitrogens with one attached hydrogen (secondary N) is 1. The van der Waals surface area contributed by atoms with Gasteiger partial charge in [0.15, 0.2) is 0 Å². The van der Waals surface area contributed by atoms with Crippen LogP contribution < -0.4 is 5.32 Å². The highest BCUT2D eigenvalue weighted by Crippen LogP contribution is 2.29. The third kappa shape index (κ3) is 4.60. The van der Waals surface area contributed by atoms with Crippen LogP contribution in [-0.2, 0) is 17.6 Å². The van der Waals surface area contributed by atoms with Gasteiger partial charge in [-0.3, -0.25) is 14.6 Å². The predicted octanol–water partition coefficient (Wildman–Crippen LogP) is 3.25. The smallest absolute Gasteiger partial charge is 0.224 e. The van der Waals surface area contributed by atoms with Crippen LogP contribution in [0.25, 0.3) is 0 Å². The standard InChI is InChI=1S/C24H37N3O/c1-2-3-12-25-24(28)21-9-6-13-27(18-21)22-10-14-26(15-11-22)23-16-19-7-4-5-8-20(19)17-23/h4-5,7-8,21-23H,2-3,6,9-18H2,1H3,(H,25,28)/t21-/m0/s1. The minimum atomic E-state index is 0.202. The molecule has 154 valence electrons. The Morgan fingerprint density at radius 3 is 2.39 bits per heavy atom. The second-order valence-corrected chi connectivity index (χ2v) is 9.08. The maximum atomic E-state index is 12.5. The van der Waals surface area contributed by atoms with Crippen molar-refractivity contribution in [2.75, 3.05) is 32.7 Å². The van der Waals surface area contributed by atoms with E-state index in [0.29, 0.717) is 18.0 Å². The average molecular weight is 384 g/mol. The summed E-state index contributed by atoms with van der Waals surface area (Å²) in [6, 6.07) is 10.4. The molecule has 3 aliphatic rings. The zero-order valence-electron chi connectivity index (χ0n) is 17.5. The average Bonchev–Trinajstić information content (AvgIpc) is 3.18. The number of benzene rings is 1. The molecule has 2 aliphatic heterocycles. The molecule has 0 aromatic heterocycles. The molecule has 4 nitrogen and oxygen atoms in total. The number of rotatable bonds is 6. The summed E-state index contributed by atoms with van der Waals surface area (Å²) in [5, 5.41) is 3.16. The van der Waals surface area contributed by atoms with E-state index in [1.807, 2.05) is 0 Å². The SMILES string of the molecule is CCCCNC(=O)[C@H]1CCCN(C2CCN(C3Cc4ccccc4C3)CC2)C1. The van der Waals surface area contributed by atoms with Crippen molar-refractivity contribution < 1.29 is 4.79 Å². The number of carbonyl (C=O) groups excluding carboxylic acids is 1. The van der Waals surface area contributed by atoms with Crippen LogP contribution in [0.1, 0.15) is 56.6 Å². The Morgan fingerprint density at radius 2 is 1.71 bits per heavy atom. The van der Waals surface area contributed by atoms with Crippen LogP contribution in [0, 0.1) is 5.92 Å². The van der Waals surface area contributed by atoms with E-state index in [0.717, 1.165) is 32.4 Å². The van der Waals surface area contributed by atoms with E-state index in [2.05, 4.69) is 46.3 Å². The first-order chi connectivity index (χ1) is 13.7. The Kier molecular flexibility index (Phi) is 6.69. The van der Waals surface area contributed by atoms with Gasteiger partial charge in [-0.05, 0) is 75.7 Å². The number of likely N-dealkylation sites (tertiary alicyclic amines) is 2. The lowest BCUT2D eigenvalue weighted by Gasteiger charge is -2.43. The van der Waals surface area contributed by atoms with Gasteiger partial charge >= 0.3 is 0 Å². The van der Waals surface area contributed by atoms with E-state index >= 15 is 0 Å². The molecule has 28 heavy (non-hydrogen) atoms. The maximum Gasteiger partial charge on any atom is 0.224 e. The molecule has 2 fully saturated rings. The largest absolute Gasteiger partial charge is 0.356 e. The normalized spacial score (nSPS) is 25.0. The van der Waals surface area contributed by atoms with Gasteiger partial charge in [-0.2, -0.15) is 0 Å². The van der Waals surface area contributed by atoms with E-state index in [-0.39, 0.29) is 5.92 Å². The van der Waals surface area contributed by atoms with Crippen LogP contribution in [-0.4, -0.2) is 60.5 Å². The van der Waals surface area contributed by atoms with Crippen LogP contribution in [0.5, 0.6) is 0 Å². The van der Waals surface area contributed by atoms with E-state index < -0.39 is 0 Å². The van der Waals surface area contributed by atoms with Crippen molar-refractivity contribution in [3.8, 4) is 0 Å². The van der Waals surface area contributed by atoms with Crippen molar-refractivity contribution in [3.05, 3.63) is 35.4 Å². The number of hydrogen-bond donors (Lipinski definition) is 1. The molecule has 2 saturated heterocycles. The number of hydrogen-bond acceptors (Lipinski definition) is 3. The summed E-state index contributed by atoms with van der Waals surface area (Å²) < 4.78 is 0. The Bertz CT molecular complexity index is 628. The lowest BCUT2D eigenvalue weighted by Crippen LogP contribution is -2.52. The predicted molar refractivity (Wildman–Crippen MR) is 114 cm³/mol. The summed E-state index contributed by atoms with van der Waals surface area (Å²) >= 11 is 0. The number of piperidine rings is 2. The summed E-state index contributed by atoms with van der Waals surface area (Å²) in [7, 11) is 0. The highest BCUT2D eigenvalue weighted by atomic mass is 16.1. The van der Waals surface area contributed by atoms with Crippen molar-refractivity contribution in [1.29, 1.82) is 0 Å². The minimum absolute atomic E-state index is 0.202. The van der Waals surface area contributed by atoms with Crippen LogP contribution >= 0.6 is 0 Å². The van der Waals surface area contributed by atoms with Gasteiger partial charge in [0.05, 0.1) is 5.92 Å². The molecule has 0 bridgehead atoms. The molecular formula is C24H37N3O. The fourth-order valence-electron chi connectivity index (χ4n) is 5.49. The topological polar surface area (TPSA) is 35.6 Å². The Balaban J connectivity index is 1.24. The zero-order valence-corrected chi connectivity index (χ0v) is 17.5. The molecule has 4 heteroatoms. The van der Waals surface area contributed by atoms with Crippen molar-refractivity contribution in [2.24, 2.45) is 5.92 Å². The molecule has 4 rings (SSSR count). The van der Waals surface area contributed by atoms with E-state index in [1.54, 1.807) is 11.1 Å². The molecule has 1 aliphatic carbocycles. The number of fused-ring (bicyclic) bond motifs is 1. The second-order valence-electron chi connectivity index (χ2n) is 9.08. The highest BCUT2D eigenvalue weighted by Gasteiger charge is 2.34. The van der Waals surface area contributed by atoms with Gasteiger partial charge in [-0.15, -0.1) is 0 Å². The lowest BCUT2D eigenvalue weighted by molar-refractivity contribution is -0.127. The number of unbranched alkanes of at least 4 members (excludes halogenated alkanes) is 1. The highest BCUT2D eigenvalue weighted by molar-refractivity contribution is 5.78. The van der Waals surface area contributed by atoms with E-state index in [9.17, 15) is 4.79 Å². The molecule has 0 saturated carbocycles. The second kappa shape index (κ2) is 9.41. The molecule has 1 N–H and O–H groups in total. The molecule has 2 heterocycles. The van der Waals surface area contributed by atoms with Crippen molar-refractivity contribution in [1.82, 2.24) is 15.1 Å². The monoisotopic (exact) mass is 383 g/mol. The fraction of sp³-hybridized carbons (Fsp3) is 0.708. The third-order valence-corrected chi connectivity index (χ3v) is 7.21. The van der Waals surface area contributed by atoms with Crippen molar-refractivity contribution in [3.63, 3.8) is 0 Å². The summed E-state index contributed by atoms with van der Waals surface area (Å²) in [5.74, 6) is 0.493. The molecule has 1 amide bonds.